The van der Waals surface area contributed by atoms with Crippen LogP contribution in [0.4, 0.5) is 5.69 Å². The predicted octanol–water partition coefficient (Wildman–Crippen LogP) is 3.72. The molecule has 0 bridgehead atoms. The standard InChI is InChI=1S/C14H17NOS/c1-11-9-13(3-4-14(11)16-2)15-7-5-12-6-8-17-10-12/h3-4,6,8-10,15H,5,7H2,1-2H3. The maximum absolute atomic E-state index is 5.24. The zero-order valence-corrected chi connectivity index (χ0v) is 11.0. The number of nitrogens with one attached hydrogen (secondary N) is 1. The molecule has 17 heavy (non-hydrogen) atoms. The molecule has 1 heterocycles. The average Bonchev–Trinajstić information content (AvgIpc) is 2.82. The third kappa shape index (κ3) is 3.24. The van der Waals surface area contributed by atoms with Gasteiger partial charge in [-0.2, -0.15) is 11.3 Å². The quantitative estimate of drug-likeness (QED) is 0.869. The second kappa shape index (κ2) is 5.73. The van der Waals surface area contributed by atoms with E-state index < -0.39 is 0 Å². The summed E-state index contributed by atoms with van der Waals surface area (Å²) in [4.78, 5) is 0. The summed E-state index contributed by atoms with van der Waals surface area (Å²) in [6.07, 6.45) is 1.06. The van der Waals surface area contributed by atoms with Crippen LogP contribution in [0.25, 0.3) is 0 Å². The van der Waals surface area contributed by atoms with Gasteiger partial charge in [0, 0.05) is 12.2 Å². The van der Waals surface area contributed by atoms with E-state index in [0.717, 1.165) is 30.0 Å². The van der Waals surface area contributed by atoms with Crippen LogP contribution in [0.1, 0.15) is 11.1 Å². The van der Waals surface area contributed by atoms with Crippen LogP contribution in [0.3, 0.4) is 0 Å². The third-order valence-corrected chi connectivity index (χ3v) is 3.45. The summed E-state index contributed by atoms with van der Waals surface area (Å²) in [5.41, 5.74) is 3.71. The highest BCUT2D eigenvalue weighted by Gasteiger charge is 1.99. The SMILES string of the molecule is COc1ccc(NCCc2ccsc2)cc1C. The summed E-state index contributed by atoms with van der Waals surface area (Å²) in [5, 5.41) is 7.74. The Hall–Kier alpha value is -1.48. The van der Waals surface area contributed by atoms with Crippen molar-refractivity contribution in [3.63, 3.8) is 0 Å². The lowest BCUT2D eigenvalue weighted by atomic mass is 10.2. The highest BCUT2D eigenvalue weighted by molar-refractivity contribution is 7.07. The van der Waals surface area contributed by atoms with Gasteiger partial charge in [0.25, 0.3) is 0 Å². The first-order valence-electron chi connectivity index (χ1n) is 5.69. The lowest BCUT2D eigenvalue weighted by molar-refractivity contribution is 0.412. The molecule has 2 nitrogen and oxygen atoms in total. The average molecular weight is 247 g/mol. The number of rotatable bonds is 5. The van der Waals surface area contributed by atoms with Gasteiger partial charge in [0.2, 0.25) is 0 Å². The van der Waals surface area contributed by atoms with Crippen molar-refractivity contribution in [3.8, 4) is 5.75 Å². The molecule has 90 valence electrons. The van der Waals surface area contributed by atoms with Crippen LogP contribution in [0.2, 0.25) is 0 Å². The van der Waals surface area contributed by atoms with E-state index >= 15 is 0 Å². The fourth-order valence-electron chi connectivity index (χ4n) is 1.77. The van der Waals surface area contributed by atoms with Gasteiger partial charge in [0.15, 0.2) is 0 Å². The summed E-state index contributed by atoms with van der Waals surface area (Å²) in [6, 6.07) is 8.35. The fraction of sp³-hybridized carbons (Fsp3) is 0.286. The molecule has 0 fully saturated rings. The molecule has 0 aliphatic heterocycles. The molecule has 0 saturated heterocycles. The summed E-state index contributed by atoms with van der Waals surface area (Å²) in [7, 11) is 1.70. The van der Waals surface area contributed by atoms with Crippen molar-refractivity contribution in [2.24, 2.45) is 0 Å². The maximum Gasteiger partial charge on any atom is 0.121 e. The number of hydrogen-bond acceptors (Lipinski definition) is 3. The molecule has 0 unspecified atom stereocenters. The van der Waals surface area contributed by atoms with Gasteiger partial charge in [-0.25, -0.2) is 0 Å². The van der Waals surface area contributed by atoms with E-state index in [-0.39, 0.29) is 0 Å². The van der Waals surface area contributed by atoms with Crippen molar-refractivity contribution in [1.82, 2.24) is 0 Å². The number of anilines is 1. The van der Waals surface area contributed by atoms with E-state index in [4.69, 9.17) is 4.74 Å². The van der Waals surface area contributed by atoms with Crippen molar-refractivity contribution in [2.75, 3.05) is 19.0 Å². The van der Waals surface area contributed by atoms with Crippen molar-refractivity contribution in [1.29, 1.82) is 0 Å². The van der Waals surface area contributed by atoms with Crippen molar-refractivity contribution < 1.29 is 4.74 Å². The number of hydrogen-bond donors (Lipinski definition) is 1. The number of thiophene rings is 1. The molecule has 1 aromatic heterocycles. The van der Waals surface area contributed by atoms with Crippen LogP contribution >= 0.6 is 11.3 Å². The molecule has 3 heteroatoms. The largest absolute Gasteiger partial charge is 0.496 e. The molecule has 0 spiro atoms. The van der Waals surface area contributed by atoms with Gasteiger partial charge in [-0.1, -0.05) is 0 Å². The first-order valence-corrected chi connectivity index (χ1v) is 6.63. The lowest BCUT2D eigenvalue weighted by Gasteiger charge is -2.09. The molecular formula is C14H17NOS. The van der Waals surface area contributed by atoms with E-state index in [2.05, 4.69) is 41.2 Å². The van der Waals surface area contributed by atoms with Crippen LogP contribution in [0.5, 0.6) is 5.75 Å². The molecule has 1 aromatic carbocycles. The molecule has 0 radical (unpaired) electrons. The zero-order valence-electron chi connectivity index (χ0n) is 10.2. The summed E-state index contributed by atoms with van der Waals surface area (Å²) >= 11 is 1.75. The Bertz CT molecular complexity index is 465. The minimum Gasteiger partial charge on any atom is -0.496 e. The first kappa shape index (κ1) is 12.0. The molecule has 2 aromatic rings. The van der Waals surface area contributed by atoms with E-state index in [1.54, 1.807) is 18.4 Å². The van der Waals surface area contributed by atoms with E-state index in [1.807, 2.05) is 6.07 Å². The Morgan fingerprint density at radius 2 is 2.18 bits per heavy atom. The number of methoxy groups -OCH3 is 1. The second-order valence-electron chi connectivity index (χ2n) is 3.99. The third-order valence-electron chi connectivity index (χ3n) is 2.72. The van der Waals surface area contributed by atoms with Crippen molar-refractivity contribution >= 4 is 17.0 Å². The van der Waals surface area contributed by atoms with Gasteiger partial charge in [-0.3, -0.25) is 0 Å². The van der Waals surface area contributed by atoms with E-state index in [0.29, 0.717) is 0 Å². The Labute approximate surface area is 106 Å². The molecule has 2 rings (SSSR count). The van der Waals surface area contributed by atoms with Gasteiger partial charge < -0.3 is 10.1 Å². The van der Waals surface area contributed by atoms with Gasteiger partial charge >= 0.3 is 0 Å². The molecular weight excluding hydrogens is 230 g/mol. The number of ether oxygens (including phenoxy) is 1. The van der Waals surface area contributed by atoms with Crippen LogP contribution in [-0.2, 0) is 6.42 Å². The van der Waals surface area contributed by atoms with E-state index in [1.165, 1.54) is 5.56 Å². The minimum atomic E-state index is 0.938. The zero-order chi connectivity index (χ0) is 12.1. The Balaban J connectivity index is 1.89. The van der Waals surface area contributed by atoms with Gasteiger partial charge in [-0.15, -0.1) is 0 Å². The topological polar surface area (TPSA) is 21.3 Å². The predicted molar refractivity (Wildman–Crippen MR) is 74.2 cm³/mol. The highest BCUT2D eigenvalue weighted by atomic mass is 32.1. The normalized spacial score (nSPS) is 10.2. The number of benzene rings is 1. The summed E-state index contributed by atoms with van der Waals surface area (Å²) in [5.74, 6) is 0.938. The van der Waals surface area contributed by atoms with Gasteiger partial charge in [-0.05, 0) is 59.5 Å². The first-order chi connectivity index (χ1) is 8.29. The van der Waals surface area contributed by atoms with Crippen molar-refractivity contribution in [3.05, 3.63) is 46.2 Å². The van der Waals surface area contributed by atoms with Gasteiger partial charge in [0.05, 0.1) is 7.11 Å². The maximum atomic E-state index is 5.24. The van der Waals surface area contributed by atoms with Gasteiger partial charge in [0.1, 0.15) is 5.75 Å². The summed E-state index contributed by atoms with van der Waals surface area (Å²) in [6.45, 7) is 3.02. The fourth-order valence-corrected chi connectivity index (χ4v) is 2.48. The Morgan fingerprint density at radius 3 is 2.82 bits per heavy atom. The smallest absolute Gasteiger partial charge is 0.121 e. The van der Waals surface area contributed by atoms with Crippen LogP contribution in [0, 0.1) is 6.92 Å². The molecule has 0 atom stereocenters. The molecule has 0 aliphatic carbocycles. The number of aryl methyl sites for hydroxylation is 1. The Morgan fingerprint density at radius 1 is 1.29 bits per heavy atom. The van der Waals surface area contributed by atoms with Crippen LogP contribution in [0.15, 0.2) is 35.0 Å². The lowest BCUT2D eigenvalue weighted by Crippen LogP contribution is -2.04. The van der Waals surface area contributed by atoms with Crippen LogP contribution in [-0.4, -0.2) is 13.7 Å². The minimum absolute atomic E-state index is 0.938. The van der Waals surface area contributed by atoms with Crippen molar-refractivity contribution in [2.45, 2.75) is 13.3 Å². The molecule has 0 saturated carbocycles. The second-order valence-corrected chi connectivity index (χ2v) is 4.77. The molecule has 0 amide bonds. The highest BCUT2D eigenvalue weighted by Crippen LogP contribution is 2.21. The monoisotopic (exact) mass is 247 g/mol. The molecule has 0 aliphatic rings. The van der Waals surface area contributed by atoms with Crippen LogP contribution < -0.4 is 10.1 Å². The Kier molecular flexibility index (Phi) is 4.04. The summed E-state index contributed by atoms with van der Waals surface area (Å²) < 4.78 is 5.24. The molecule has 1 N–H and O–H groups in total. The van der Waals surface area contributed by atoms with E-state index in [9.17, 15) is 0 Å².